The first kappa shape index (κ1) is 9.99. The van der Waals surface area contributed by atoms with Crippen LogP contribution in [-0.4, -0.2) is 23.9 Å². The molecule has 0 aromatic rings. The lowest BCUT2D eigenvalue weighted by atomic mass is 10.8. The average molecular weight is 199 g/mol. The zero-order valence-corrected chi connectivity index (χ0v) is 5.83. The first-order chi connectivity index (χ1) is 4.19. The Morgan fingerprint density at radius 1 is 1.50 bits per heavy atom. The van der Waals surface area contributed by atoms with Gasteiger partial charge < -0.3 is 0 Å². The fourth-order valence-corrected chi connectivity index (χ4v) is 0.338. The molecule has 0 bridgehead atoms. The van der Waals surface area contributed by atoms with E-state index in [2.05, 4.69) is 11.6 Å². The Bertz CT molecular complexity index is 210. The van der Waals surface area contributed by atoms with E-state index in [4.69, 9.17) is 4.55 Å². The van der Waals surface area contributed by atoms with Crippen molar-refractivity contribution in [3.63, 3.8) is 0 Å². The van der Waals surface area contributed by atoms with Crippen LogP contribution in [0.5, 0.6) is 0 Å². The minimum atomic E-state index is -5.55. The number of alkyl halides is 4. The first-order valence-electron chi connectivity index (χ1n) is 1.82. The summed E-state index contributed by atoms with van der Waals surface area (Å²) in [5.74, 6) is 0. The Labute approximate surface area is 59.5 Å². The minimum Gasteiger partial charge on any atom is -0.282 e. The van der Waals surface area contributed by atoms with Gasteiger partial charge in [0.2, 0.25) is 0 Å². The maximum absolute atomic E-state index is 11.9. The minimum absolute atomic E-state index is 3.98. The molecule has 0 rings (SSSR count). The van der Waals surface area contributed by atoms with Crippen LogP contribution in [0, 0.1) is 0 Å². The molecule has 0 aliphatic rings. The van der Waals surface area contributed by atoms with Crippen LogP contribution in [0.15, 0.2) is 0 Å². The monoisotopic (exact) mass is 198 g/mol. The summed E-state index contributed by atoms with van der Waals surface area (Å²) in [5, 5.41) is 0. The molecule has 3 nitrogen and oxygen atoms in total. The van der Waals surface area contributed by atoms with Gasteiger partial charge >= 0.3 is 21.0 Å². The molecule has 0 saturated heterocycles. The molecule has 0 aliphatic heterocycles. The number of hydrogen-bond donors (Lipinski definition) is 1. The van der Waals surface area contributed by atoms with Gasteiger partial charge in [-0.15, -0.1) is 0 Å². The number of hydrogen-bond acceptors (Lipinski definition) is 2. The van der Waals surface area contributed by atoms with Crippen LogP contribution < -0.4 is 0 Å². The lowest BCUT2D eigenvalue weighted by Gasteiger charge is -2.11. The highest BCUT2D eigenvalue weighted by atomic mass is 35.5. The van der Waals surface area contributed by atoms with E-state index in [1.807, 2.05) is 0 Å². The second-order valence-electron chi connectivity index (χ2n) is 1.34. The summed E-state index contributed by atoms with van der Waals surface area (Å²) in [5.41, 5.74) is 0. The van der Waals surface area contributed by atoms with Gasteiger partial charge in [-0.3, -0.25) is 4.55 Å². The van der Waals surface area contributed by atoms with Gasteiger partial charge in [0, 0.05) is 0 Å². The lowest BCUT2D eigenvalue weighted by Crippen LogP contribution is -2.34. The predicted molar refractivity (Wildman–Crippen MR) is 27.2 cm³/mol. The molecular formula is C2H2ClF3O3S. The molecule has 0 aliphatic carbocycles. The van der Waals surface area contributed by atoms with E-state index in [1.165, 1.54) is 0 Å². The van der Waals surface area contributed by atoms with Crippen molar-refractivity contribution in [3.8, 4) is 0 Å². The molecule has 62 valence electrons. The molecule has 8 heteroatoms. The highest BCUT2D eigenvalue weighted by Crippen LogP contribution is 2.30. The van der Waals surface area contributed by atoms with Crippen molar-refractivity contribution in [2.75, 3.05) is 0 Å². The largest absolute Gasteiger partial charge is 0.367 e. The van der Waals surface area contributed by atoms with E-state index in [0.717, 1.165) is 0 Å². The highest BCUT2D eigenvalue weighted by molar-refractivity contribution is 7.88. The van der Waals surface area contributed by atoms with E-state index in [-0.39, 0.29) is 0 Å². The van der Waals surface area contributed by atoms with Crippen molar-refractivity contribution in [1.82, 2.24) is 0 Å². The molecule has 0 aromatic heterocycles. The molecule has 0 aromatic carbocycles. The Morgan fingerprint density at radius 3 is 1.80 bits per heavy atom. The van der Waals surface area contributed by atoms with Crippen molar-refractivity contribution in [2.45, 2.75) is 10.9 Å². The summed E-state index contributed by atoms with van der Waals surface area (Å²) in [6, 6.07) is 0. The van der Waals surface area contributed by atoms with Gasteiger partial charge in [0.25, 0.3) is 0 Å². The first-order valence-corrected chi connectivity index (χ1v) is 3.64. The molecule has 0 saturated carbocycles. The number of rotatable bonds is 2. The van der Waals surface area contributed by atoms with Gasteiger partial charge in [0.1, 0.15) is 0 Å². The predicted octanol–water partition coefficient (Wildman–Crippen LogP) is 1.00. The van der Waals surface area contributed by atoms with E-state index >= 15 is 0 Å². The summed E-state index contributed by atoms with van der Waals surface area (Å²) in [7, 11) is -5.55. The molecule has 0 spiro atoms. The van der Waals surface area contributed by atoms with E-state index in [1.54, 1.807) is 0 Å². The smallest absolute Gasteiger partial charge is 0.282 e. The van der Waals surface area contributed by atoms with E-state index in [0.29, 0.717) is 0 Å². The summed E-state index contributed by atoms with van der Waals surface area (Å²) >= 11 is 4.09. The normalized spacial score (nSPS) is 19.0. The zero-order valence-electron chi connectivity index (χ0n) is 4.26. The summed E-state index contributed by atoms with van der Waals surface area (Å²) in [4.78, 5) is 0. The summed E-state index contributed by atoms with van der Waals surface area (Å²) in [6.45, 7) is 0. The Morgan fingerprint density at radius 2 is 1.80 bits per heavy atom. The topological polar surface area (TPSA) is 54.4 Å². The molecule has 0 radical (unpaired) electrons. The van der Waals surface area contributed by atoms with Crippen molar-refractivity contribution >= 4 is 21.7 Å². The van der Waals surface area contributed by atoms with Gasteiger partial charge in [-0.1, -0.05) is 11.6 Å². The van der Waals surface area contributed by atoms with Crippen molar-refractivity contribution < 1.29 is 26.1 Å². The van der Waals surface area contributed by atoms with Crippen molar-refractivity contribution in [1.29, 1.82) is 0 Å². The molecule has 1 unspecified atom stereocenters. The van der Waals surface area contributed by atoms with Crippen LogP contribution in [0.4, 0.5) is 13.2 Å². The average Bonchev–Trinajstić information content (AvgIpc) is 1.62. The maximum atomic E-state index is 11.9. The summed E-state index contributed by atoms with van der Waals surface area (Å²) < 4.78 is 57.1. The van der Waals surface area contributed by atoms with Gasteiger partial charge in [-0.05, 0) is 0 Å². The van der Waals surface area contributed by atoms with E-state index in [9.17, 15) is 21.6 Å². The fraction of sp³-hybridized carbons (Fsp3) is 1.00. The molecule has 0 fully saturated rings. The number of halogens is 4. The second-order valence-corrected chi connectivity index (χ2v) is 3.66. The van der Waals surface area contributed by atoms with Crippen LogP contribution in [-0.2, 0) is 10.1 Å². The zero-order chi connectivity index (χ0) is 8.58. The molecule has 10 heavy (non-hydrogen) atoms. The van der Waals surface area contributed by atoms with Crippen LogP contribution >= 0.6 is 11.6 Å². The Hall–Kier alpha value is -0.0100. The third-order valence-corrected chi connectivity index (χ3v) is 2.21. The quantitative estimate of drug-likeness (QED) is 0.532. The van der Waals surface area contributed by atoms with Crippen LogP contribution in [0.1, 0.15) is 0 Å². The highest BCUT2D eigenvalue weighted by Gasteiger charge is 2.51. The Balaban J connectivity index is 4.76. The van der Waals surface area contributed by atoms with Crippen LogP contribution in [0.3, 0.4) is 0 Å². The van der Waals surface area contributed by atoms with Gasteiger partial charge in [-0.25, -0.2) is 8.78 Å². The SMILES string of the molecule is O=S(=O)(O)C(F)(Cl)C(F)F. The molecule has 0 heterocycles. The second kappa shape index (κ2) is 2.55. The Kier molecular flexibility index (Phi) is 2.55. The third-order valence-electron chi connectivity index (χ3n) is 0.598. The van der Waals surface area contributed by atoms with Gasteiger partial charge in [0.15, 0.2) is 0 Å². The maximum Gasteiger partial charge on any atom is 0.367 e. The standard InChI is InChI=1S/C2H2ClF3O3S/c3-2(6,1(4)5)10(7,8)9/h1H,(H,7,8,9). The van der Waals surface area contributed by atoms with Crippen molar-refractivity contribution in [2.24, 2.45) is 0 Å². The fourth-order valence-electron chi connectivity index (χ4n) is 0.113. The molecule has 1 N–H and O–H groups in total. The van der Waals surface area contributed by atoms with Crippen LogP contribution in [0.25, 0.3) is 0 Å². The summed E-state index contributed by atoms with van der Waals surface area (Å²) in [6.07, 6.45) is -3.98. The van der Waals surface area contributed by atoms with Gasteiger partial charge in [0.05, 0.1) is 0 Å². The van der Waals surface area contributed by atoms with E-state index < -0.39 is 21.0 Å². The molecule has 1 atom stereocenters. The molecule has 0 amide bonds. The van der Waals surface area contributed by atoms with Crippen molar-refractivity contribution in [3.05, 3.63) is 0 Å². The lowest BCUT2D eigenvalue weighted by molar-refractivity contribution is 0.0633. The molecular weight excluding hydrogens is 197 g/mol. The van der Waals surface area contributed by atoms with Crippen LogP contribution in [0.2, 0.25) is 0 Å². The third kappa shape index (κ3) is 1.74. The van der Waals surface area contributed by atoms with Gasteiger partial charge in [-0.2, -0.15) is 12.8 Å².